The van der Waals surface area contributed by atoms with Gasteiger partial charge in [-0.25, -0.2) is 0 Å². The highest BCUT2D eigenvalue weighted by molar-refractivity contribution is 6.08. The fraction of sp³-hybridized carbons (Fsp3) is 0. The number of hydrogen-bond donors (Lipinski definition) is 1. The third kappa shape index (κ3) is 1.61. The van der Waals surface area contributed by atoms with Crippen molar-refractivity contribution in [1.82, 2.24) is 0 Å². The Balaban J connectivity index is 3.34. The Morgan fingerprint density at radius 2 is 2.21 bits per heavy atom. The van der Waals surface area contributed by atoms with Crippen LogP contribution in [0.25, 0.3) is 0 Å². The first-order valence-corrected chi connectivity index (χ1v) is 3.77. The van der Waals surface area contributed by atoms with Gasteiger partial charge in [0.15, 0.2) is 5.78 Å². The minimum atomic E-state index is -0.630. The summed E-state index contributed by atoms with van der Waals surface area (Å²) in [6, 6.07) is 4.08. The van der Waals surface area contributed by atoms with E-state index < -0.39 is 10.7 Å². The molecule has 0 aromatic heterocycles. The molecular weight excluding hydrogens is 184 g/mol. The lowest BCUT2D eigenvalue weighted by Gasteiger charge is -2.01. The number of rotatable bonds is 3. The van der Waals surface area contributed by atoms with Gasteiger partial charge in [0.2, 0.25) is 0 Å². The van der Waals surface area contributed by atoms with E-state index >= 15 is 0 Å². The first-order valence-electron chi connectivity index (χ1n) is 3.77. The molecule has 14 heavy (non-hydrogen) atoms. The fourth-order valence-corrected chi connectivity index (χ4v) is 1.04. The fourth-order valence-electron chi connectivity index (χ4n) is 1.04. The zero-order valence-corrected chi connectivity index (χ0v) is 7.27. The van der Waals surface area contributed by atoms with Crippen LogP contribution in [0.1, 0.15) is 10.4 Å². The van der Waals surface area contributed by atoms with Gasteiger partial charge in [0.1, 0.15) is 5.69 Å². The molecule has 0 bridgehead atoms. The van der Waals surface area contributed by atoms with Gasteiger partial charge in [-0.2, -0.15) is 0 Å². The summed E-state index contributed by atoms with van der Waals surface area (Å²) in [7, 11) is 0. The number of nitrogens with zero attached hydrogens (tertiary/aromatic N) is 1. The van der Waals surface area contributed by atoms with Gasteiger partial charge >= 0.3 is 0 Å². The van der Waals surface area contributed by atoms with E-state index in [1.54, 1.807) is 0 Å². The monoisotopic (exact) mass is 192 g/mol. The number of benzene rings is 1. The van der Waals surface area contributed by atoms with Crippen molar-refractivity contribution in [2.45, 2.75) is 0 Å². The number of nitro benzene ring substituents is 1. The standard InChI is InChI=1S/C9H8N2O3/c1-2-8(12)6-4-3-5-7(9(6)10)11(13)14/h2-5H,1,10H2. The quantitative estimate of drug-likeness (QED) is 0.259. The Hall–Kier alpha value is -2.17. The van der Waals surface area contributed by atoms with Gasteiger partial charge in [0.25, 0.3) is 5.69 Å². The maximum atomic E-state index is 11.2. The van der Waals surface area contributed by atoms with Crippen LogP contribution in [0.5, 0.6) is 0 Å². The second-order valence-corrected chi connectivity index (χ2v) is 2.56. The first-order chi connectivity index (χ1) is 6.57. The van der Waals surface area contributed by atoms with Crippen LogP contribution in [-0.2, 0) is 0 Å². The normalized spacial score (nSPS) is 9.43. The summed E-state index contributed by atoms with van der Waals surface area (Å²) in [6.45, 7) is 3.28. The summed E-state index contributed by atoms with van der Waals surface area (Å²) in [5.41, 5.74) is 5.17. The predicted octanol–water partition coefficient (Wildman–Crippen LogP) is 1.55. The van der Waals surface area contributed by atoms with Gasteiger partial charge < -0.3 is 5.73 Å². The Bertz CT molecular complexity index is 413. The minimum Gasteiger partial charge on any atom is -0.393 e. The number of nitro groups is 1. The summed E-state index contributed by atoms with van der Waals surface area (Å²) in [5.74, 6) is -0.425. The maximum Gasteiger partial charge on any atom is 0.292 e. The molecule has 0 radical (unpaired) electrons. The molecule has 0 amide bonds. The molecule has 0 aliphatic heterocycles. The van der Waals surface area contributed by atoms with Crippen molar-refractivity contribution in [1.29, 1.82) is 0 Å². The Labute approximate surface area is 80.0 Å². The largest absolute Gasteiger partial charge is 0.393 e. The van der Waals surface area contributed by atoms with Gasteiger partial charge in [0, 0.05) is 6.07 Å². The van der Waals surface area contributed by atoms with Gasteiger partial charge in [0.05, 0.1) is 10.5 Å². The van der Waals surface area contributed by atoms with E-state index in [9.17, 15) is 14.9 Å². The molecule has 2 N–H and O–H groups in total. The van der Waals surface area contributed by atoms with Gasteiger partial charge in [-0.3, -0.25) is 14.9 Å². The van der Waals surface area contributed by atoms with Crippen LogP contribution in [-0.4, -0.2) is 10.7 Å². The number of nitrogen functional groups attached to an aromatic ring is 1. The number of carbonyl (C=O) groups excluding carboxylic acids is 1. The van der Waals surface area contributed by atoms with Crippen molar-refractivity contribution in [2.24, 2.45) is 0 Å². The lowest BCUT2D eigenvalue weighted by Crippen LogP contribution is -2.03. The van der Waals surface area contributed by atoms with Gasteiger partial charge in [-0.1, -0.05) is 12.6 Å². The molecule has 0 heterocycles. The molecule has 0 atom stereocenters. The number of ketones is 1. The molecule has 0 saturated heterocycles. The number of nitrogens with two attached hydrogens (primary N) is 1. The van der Waals surface area contributed by atoms with E-state index in [1.807, 2.05) is 0 Å². The molecule has 1 aromatic rings. The second kappa shape index (κ2) is 3.69. The number of carbonyl (C=O) groups is 1. The molecule has 1 rings (SSSR count). The van der Waals surface area contributed by atoms with Crippen LogP contribution in [0.4, 0.5) is 11.4 Å². The molecule has 0 aliphatic rings. The van der Waals surface area contributed by atoms with Crippen LogP contribution in [0.15, 0.2) is 30.9 Å². The van der Waals surface area contributed by atoms with Crippen molar-refractivity contribution < 1.29 is 9.72 Å². The summed E-state index contributed by atoms with van der Waals surface area (Å²) in [6.07, 6.45) is 1.06. The molecule has 0 aliphatic carbocycles. The smallest absolute Gasteiger partial charge is 0.292 e. The molecule has 0 unspecified atom stereocenters. The number of para-hydroxylation sites is 1. The topological polar surface area (TPSA) is 86.2 Å². The Kier molecular flexibility index (Phi) is 2.62. The molecule has 5 heteroatoms. The third-order valence-electron chi connectivity index (χ3n) is 1.73. The Morgan fingerprint density at radius 3 is 2.71 bits per heavy atom. The van der Waals surface area contributed by atoms with Gasteiger partial charge in [-0.15, -0.1) is 0 Å². The second-order valence-electron chi connectivity index (χ2n) is 2.56. The highest BCUT2D eigenvalue weighted by Gasteiger charge is 2.16. The summed E-state index contributed by atoms with van der Waals surface area (Å²) in [5, 5.41) is 10.5. The molecule has 1 aromatic carbocycles. The van der Waals surface area contributed by atoms with Gasteiger partial charge in [-0.05, 0) is 12.1 Å². The number of anilines is 1. The van der Waals surface area contributed by atoms with E-state index in [0.29, 0.717) is 0 Å². The van der Waals surface area contributed by atoms with Crippen LogP contribution in [0.3, 0.4) is 0 Å². The lowest BCUT2D eigenvalue weighted by atomic mass is 10.1. The molecule has 0 spiro atoms. The average molecular weight is 192 g/mol. The van der Waals surface area contributed by atoms with E-state index in [1.165, 1.54) is 18.2 Å². The SMILES string of the molecule is C=CC(=O)c1cccc([N+](=O)[O-])c1N. The zero-order valence-electron chi connectivity index (χ0n) is 7.27. The van der Waals surface area contributed by atoms with Crippen molar-refractivity contribution in [3.8, 4) is 0 Å². The zero-order chi connectivity index (χ0) is 10.7. The van der Waals surface area contributed by atoms with E-state index in [0.717, 1.165) is 6.08 Å². The van der Waals surface area contributed by atoms with Crippen LogP contribution in [0, 0.1) is 10.1 Å². The Morgan fingerprint density at radius 1 is 1.57 bits per heavy atom. The predicted molar refractivity (Wildman–Crippen MR) is 52.0 cm³/mol. The maximum absolute atomic E-state index is 11.2. The molecule has 0 saturated carbocycles. The van der Waals surface area contributed by atoms with Crippen molar-refractivity contribution in [3.63, 3.8) is 0 Å². The number of allylic oxidation sites excluding steroid dienone is 1. The van der Waals surface area contributed by atoms with Crippen molar-refractivity contribution in [3.05, 3.63) is 46.5 Å². The summed E-state index contributed by atoms with van der Waals surface area (Å²) in [4.78, 5) is 21.0. The van der Waals surface area contributed by atoms with Crippen LogP contribution in [0.2, 0.25) is 0 Å². The molecule has 0 fully saturated rings. The highest BCUT2D eigenvalue weighted by Crippen LogP contribution is 2.24. The average Bonchev–Trinajstić information content (AvgIpc) is 2.16. The van der Waals surface area contributed by atoms with Crippen molar-refractivity contribution >= 4 is 17.2 Å². The number of hydrogen-bond acceptors (Lipinski definition) is 4. The van der Waals surface area contributed by atoms with Crippen LogP contribution < -0.4 is 5.73 Å². The summed E-state index contributed by atoms with van der Waals surface area (Å²) >= 11 is 0. The lowest BCUT2D eigenvalue weighted by molar-refractivity contribution is -0.383. The first kappa shape index (κ1) is 9.91. The van der Waals surface area contributed by atoms with Crippen molar-refractivity contribution in [2.75, 3.05) is 5.73 Å². The van der Waals surface area contributed by atoms with E-state index in [4.69, 9.17) is 5.73 Å². The van der Waals surface area contributed by atoms with E-state index in [-0.39, 0.29) is 16.9 Å². The molecule has 72 valence electrons. The highest BCUT2D eigenvalue weighted by atomic mass is 16.6. The van der Waals surface area contributed by atoms with E-state index in [2.05, 4.69) is 6.58 Å². The van der Waals surface area contributed by atoms with Crippen LogP contribution >= 0.6 is 0 Å². The third-order valence-corrected chi connectivity index (χ3v) is 1.73. The molecular formula is C9H8N2O3. The summed E-state index contributed by atoms with van der Waals surface area (Å²) < 4.78 is 0. The molecule has 5 nitrogen and oxygen atoms in total. The minimum absolute atomic E-state index is 0.106.